The van der Waals surface area contributed by atoms with Gasteiger partial charge in [-0.2, -0.15) is 0 Å². The lowest BCUT2D eigenvalue weighted by Gasteiger charge is -2.19. The molecule has 0 aliphatic carbocycles. The first-order chi connectivity index (χ1) is 8.65. The molecule has 0 spiro atoms. The molecular weight excluding hydrogens is 302 g/mol. The van der Waals surface area contributed by atoms with Crippen molar-refractivity contribution in [3.05, 3.63) is 22.6 Å². The number of aryl methyl sites for hydroxylation is 1. The lowest BCUT2D eigenvalue weighted by Crippen LogP contribution is -2.25. The van der Waals surface area contributed by atoms with Gasteiger partial charge in [0.15, 0.2) is 16.5 Å². The van der Waals surface area contributed by atoms with Crippen molar-refractivity contribution in [1.82, 2.24) is 14.8 Å². The average Bonchev–Trinajstić information content (AvgIpc) is 2.93. The topological polar surface area (TPSA) is 81.2 Å². The van der Waals surface area contributed by atoms with Crippen LogP contribution in [0.5, 0.6) is 0 Å². The number of hydrogen-bond acceptors (Lipinski definition) is 4. The van der Waals surface area contributed by atoms with Crippen molar-refractivity contribution in [3.8, 4) is 11.6 Å². The van der Waals surface area contributed by atoms with Crippen LogP contribution in [0.2, 0.25) is 0 Å². The van der Waals surface area contributed by atoms with E-state index >= 15 is 0 Å². The van der Waals surface area contributed by atoms with Crippen LogP contribution in [0.25, 0.3) is 11.6 Å². The first-order valence-electron chi connectivity index (χ1n) is 5.59. The molecule has 3 rings (SSSR count). The molecule has 1 aliphatic heterocycles. The van der Waals surface area contributed by atoms with E-state index in [9.17, 15) is 4.79 Å². The van der Waals surface area contributed by atoms with E-state index in [1.807, 2.05) is 0 Å². The van der Waals surface area contributed by atoms with Crippen molar-refractivity contribution in [2.45, 2.75) is 25.3 Å². The summed E-state index contributed by atoms with van der Waals surface area (Å²) in [6, 6.07) is 2.89. The Morgan fingerprint density at radius 2 is 2.39 bits per heavy atom. The molecule has 18 heavy (non-hydrogen) atoms. The molecule has 1 aliphatic rings. The summed E-state index contributed by atoms with van der Waals surface area (Å²) in [4.78, 5) is 15.5. The van der Waals surface area contributed by atoms with Crippen molar-refractivity contribution in [3.63, 3.8) is 0 Å². The second kappa shape index (κ2) is 4.24. The summed E-state index contributed by atoms with van der Waals surface area (Å²) < 4.78 is 7.47. The summed E-state index contributed by atoms with van der Waals surface area (Å²) in [6.07, 6.45) is 2.16. The monoisotopic (exact) mass is 311 g/mol. The predicted octanol–water partition coefficient (Wildman–Crippen LogP) is 2.26. The number of aliphatic carboxylic acids is 1. The molecule has 3 heterocycles. The highest BCUT2D eigenvalue weighted by Crippen LogP contribution is 2.28. The van der Waals surface area contributed by atoms with Crippen molar-refractivity contribution in [1.29, 1.82) is 0 Å². The number of halogens is 1. The van der Waals surface area contributed by atoms with Gasteiger partial charge in [-0.15, -0.1) is 5.10 Å². The highest BCUT2D eigenvalue weighted by atomic mass is 79.9. The van der Waals surface area contributed by atoms with E-state index in [1.165, 1.54) is 4.68 Å². The van der Waals surface area contributed by atoms with E-state index in [1.54, 1.807) is 12.1 Å². The average molecular weight is 312 g/mol. The van der Waals surface area contributed by atoms with Gasteiger partial charge in [0.05, 0.1) is 0 Å². The Kier molecular flexibility index (Phi) is 2.70. The van der Waals surface area contributed by atoms with Crippen LogP contribution in [0.3, 0.4) is 0 Å². The van der Waals surface area contributed by atoms with Crippen molar-refractivity contribution < 1.29 is 14.3 Å². The highest BCUT2D eigenvalue weighted by molar-refractivity contribution is 9.10. The number of rotatable bonds is 2. The van der Waals surface area contributed by atoms with Gasteiger partial charge in [-0.25, -0.2) is 14.5 Å². The van der Waals surface area contributed by atoms with Crippen LogP contribution in [0, 0.1) is 0 Å². The fourth-order valence-electron chi connectivity index (χ4n) is 2.12. The summed E-state index contributed by atoms with van der Waals surface area (Å²) in [6.45, 7) is 0. The molecule has 0 amide bonds. The molecule has 7 heteroatoms. The van der Waals surface area contributed by atoms with Crippen LogP contribution in [-0.2, 0) is 11.2 Å². The fraction of sp³-hybridized carbons (Fsp3) is 0.364. The molecule has 1 atom stereocenters. The molecule has 0 bridgehead atoms. The minimum absolute atomic E-state index is 0.434. The Balaban J connectivity index is 2.03. The van der Waals surface area contributed by atoms with Crippen molar-refractivity contribution in [2.24, 2.45) is 0 Å². The molecule has 2 aromatic heterocycles. The third-order valence-electron chi connectivity index (χ3n) is 2.95. The van der Waals surface area contributed by atoms with Crippen LogP contribution >= 0.6 is 15.9 Å². The molecule has 0 saturated carbocycles. The lowest BCUT2D eigenvalue weighted by atomic mass is 10.1. The molecule has 1 N–H and O–H groups in total. The van der Waals surface area contributed by atoms with Gasteiger partial charge in [0.2, 0.25) is 5.82 Å². The SMILES string of the molecule is O=C(O)C1CCCc2nc(-c3ccc(Br)o3)nn21. The number of nitrogens with zero attached hydrogens (tertiary/aromatic N) is 3. The Morgan fingerprint density at radius 1 is 1.56 bits per heavy atom. The Bertz CT molecular complexity index is 604. The highest BCUT2D eigenvalue weighted by Gasteiger charge is 2.29. The molecule has 2 aromatic rings. The first kappa shape index (κ1) is 11.5. The Labute approximate surface area is 111 Å². The van der Waals surface area contributed by atoms with Gasteiger partial charge in [0, 0.05) is 6.42 Å². The summed E-state index contributed by atoms with van der Waals surface area (Å²) in [5.74, 6) is 0.806. The van der Waals surface area contributed by atoms with Crippen LogP contribution < -0.4 is 0 Å². The fourth-order valence-corrected chi connectivity index (χ4v) is 2.42. The van der Waals surface area contributed by atoms with Gasteiger partial charge in [0.25, 0.3) is 0 Å². The third kappa shape index (κ3) is 1.84. The van der Waals surface area contributed by atoms with Crippen LogP contribution in [0.1, 0.15) is 24.7 Å². The van der Waals surface area contributed by atoms with Crippen LogP contribution in [-0.4, -0.2) is 25.8 Å². The zero-order chi connectivity index (χ0) is 12.7. The first-order valence-corrected chi connectivity index (χ1v) is 6.38. The number of fused-ring (bicyclic) bond motifs is 1. The van der Waals surface area contributed by atoms with Crippen molar-refractivity contribution in [2.75, 3.05) is 0 Å². The van der Waals surface area contributed by atoms with E-state index in [0.29, 0.717) is 28.5 Å². The Morgan fingerprint density at radius 3 is 3.06 bits per heavy atom. The van der Waals surface area contributed by atoms with Gasteiger partial charge in [-0.1, -0.05) is 0 Å². The molecule has 0 fully saturated rings. The number of aromatic nitrogens is 3. The molecule has 94 valence electrons. The zero-order valence-corrected chi connectivity index (χ0v) is 10.9. The summed E-state index contributed by atoms with van der Waals surface area (Å²) in [5.41, 5.74) is 0. The number of carboxylic acid groups (broad SMARTS) is 1. The standard InChI is InChI=1S/C11H10BrN3O3/c12-8-5-4-7(18-8)10-13-9-3-1-2-6(11(16)17)15(9)14-10/h4-6H,1-3H2,(H,16,17). The summed E-state index contributed by atoms with van der Waals surface area (Å²) in [5, 5.41) is 13.4. The molecular formula is C11H10BrN3O3. The molecule has 6 nitrogen and oxygen atoms in total. The maximum absolute atomic E-state index is 11.1. The van der Waals surface area contributed by atoms with Crippen LogP contribution in [0.15, 0.2) is 21.2 Å². The predicted molar refractivity (Wildman–Crippen MR) is 65.0 cm³/mol. The molecule has 0 aromatic carbocycles. The van der Waals surface area contributed by atoms with Gasteiger partial charge in [-0.05, 0) is 40.9 Å². The van der Waals surface area contributed by atoms with Gasteiger partial charge in [0.1, 0.15) is 5.82 Å². The largest absolute Gasteiger partial charge is 0.480 e. The smallest absolute Gasteiger partial charge is 0.328 e. The zero-order valence-electron chi connectivity index (χ0n) is 9.34. The number of carboxylic acids is 1. The van der Waals surface area contributed by atoms with Gasteiger partial charge < -0.3 is 9.52 Å². The number of carbonyl (C=O) groups is 1. The maximum Gasteiger partial charge on any atom is 0.328 e. The Hall–Kier alpha value is -1.63. The van der Waals surface area contributed by atoms with Crippen molar-refractivity contribution >= 4 is 21.9 Å². The normalized spacial score (nSPS) is 18.6. The minimum Gasteiger partial charge on any atom is -0.480 e. The van der Waals surface area contributed by atoms with Gasteiger partial charge >= 0.3 is 5.97 Å². The number of furan rings is 1. The van der Waals surface area contributed by atoms with Gasteiger partial charge in [-0.3, -0.25) is 0 Å². The second-order valence-electron chi connectivity index (χ2n) is 4.15. The number of hydrogen-bond donors (Lipinski definition) is 1. The summed E-state index contributed by atoms with van der Waals surface area (Å²) >= 11 is 3.21. The molecule has 0 radical (unpaired) electrons. The van der Waals surface area contributed by atoms with E-state index < -0.39 is 12.0 Å². The van der Waals surface area contributed by atoms with E-state index in [4.69, 9.17) is 9.52 Å². The molecule has 1 unspecified atom stereocenters. The summed E-state index contributed by atoms with van der Waals surface area (Å²) in [7, 11) is 0. The van der Waals surface area contributed by atoms with E-state index in [2.05, 4.69) is 26.0 Å². The second-order valence-corrected chi connectivity index (χ2v) is 4.93. The van der Waals surface area contributed by atoms with Crippen LogP contribution in [0.4, 0.5) is 0 Å². The lowest BCUT2D eigenvalue weighted by molar-refractivity contribution is -0.141. The van der Waals surface area contributed by atoms with E-state index in [-0.39, 0.29) is 0 Å². The molecule has 0 saturated heterocycles. The quantitative estimate of drug-likeness (QED) is 0.920. The van der Waals surface area contributed by atoms with E-state index in [0.717, 1.165) is 12.8 Å². The third-order valence-corrected chi connectivity index (χ3v) is 3.38. The minimum atomic E-state index is -0.868. The maximum atomic E-state index is 11.1.